The quantitative estimate of drug-likeness (QED) is 0.850. The van der Waals surface area contributed by atoms with Crippen molar-refractivity contribution in [3.05, 3.63) is 11.8 Å². The number of aromatic nitrogens is 2. The molecule has 1 unspecified atom stereocenters. The summed E-state index contributed by atoms with van der Waals surface area (Å²) in [6, 6.07) is 1.79. The number of piperidine rings is 1. The topological polar surface area (TPSA) is 95.2 Å². The summed E-state index contributed by atoms with van der Waals surface area (Å²) in [5, 5.41) is 9.56. The first-order valence-electron chi connectivity index (χ1n) is 6.70. The summed E-state index contributed by atoms with van der Waals surface area (Å²) in [5.41, 5.74) is 0.946. The van der Waals surface area contributed by atoms with Crippen LogP contribution in [-0.4, -0.2) is 48.2 Å². The molecule has 2 N–H and O–H groups in total. The molecule has 0 saturated carbocycles. The van der Waals surface area contributed by atoms with Crippen LogP contribution in [0.5, 0.6) is 0 Å². The van der Waals surface area contributed by atoms with Gasteiger partial charge in [0.1, 0.15) is 0 Å². The van der Waals surface area contributed by atoms with Gasteiger partial charge in [-0.15, -0.1) is 0 Å². The number of amides is 1. The van der Waals surface area contributed by atoms with Gasteiger partial charge in [0.25, 0.3) is 0 Å². The Balaban J connectivity index is 1.98. The molecule has 0 aliphatic carbocycles. The fourth-order valence-electron chi connectivity index (χ4n) is 2.29. The number of aromatic amines is 1. The van der Waals surface area contributed by atoms with Crippen molar-refractivity contribution in [2.75, 3.05) is 24.7 Å². The lowest BCUT2D eigenvalue weighted by molar-refractivity contribution is -0.120. The molecular formula is C12H20N4O3S. The molecular weight excluding hydrogens is 280 g/mol. The lowest BCUT2D eigenvalue weighted by atomic mass is 9.99. The fraction of sp³-hybridized carbons (Fsp3) is 0.667. The summed E-state index contributed by atoms with van der Waals surface area (Å²) in [5.74, 6) is -0.00363. The first-order valence-corrected chi connectivity index (χ1v) is 8.55. The molecule has 7 nitrogen and oxygen atoms in total. The third kappa shape index (κ3) is 3.57. The number of hydrogen-bond acceptors (Lipinski definition) is 4. The largest absolute Gasteiger partial charge is 0.309 e. The Hall–Kier alpha value is -1.41. The van der Waals surface area contributed by atoms with Crippen LogP contribution in [0.3, 0.4) is 0 Å². The minimum Gasteiger partial charge on any atom is -0.309 e. The third-order valence-corrected chi connectivity index (χ3v) is 4.76. The molecule has 0 bridgehead atoms. The van der Waals surface area contributed by atoms with Crippen molar-refractivity contribution in [3.63, 3.8) is 0 Å². The summed E-state index contributed by atoms with van der Waals surface area (Å²) in [6.45, 7) is 2.73. The molecule has 1 aromatic heterocycles. The smallest absolute Gasteiger partial charge is 0.230 e. The number of rotatable bonds is 4. The minimum atomic E-state index is -3.23. The summed E-state index contributed by atoms with van der Waals surface area (Å²) < 4.78 is 24.4. The Kier molecular flexibility index (Phi) is 4.44. The normalized spacial score (nSPS) is 20.8. The first kappa shape index (κ1) is 15.0. The van der Waals surface area contributed by atoms with Crippen LogP contribution in [0.1, 0.15) is 25.5 Å². The molecule has 20 heavy (non-hydrogen) atoms. The Bertz CT molecular complexity index is 581. The number of H-pyrrole nitrogens is 1. The van der Waals surface area contributed by atoms with E-state index in [0.717, 1.165) is 12.1 Å². The molecule has 1 aliphatic heterocycles. The molecule has 1 aliphatic rings. The second-order valence-corrected chi connectivity index (χ2v) is 7.06. The maximum absolute atomic E-state index is 12.2. The van der Waals surface area contributed by atoms with Crippen molar-refractivity contribution in [1.82, 2.24) is 14.5 Å². The molecule has 1 aromatic rings. The number of nitrogens with one attached hydrogen (secondary N) is 2. The highest BCUT2D eigenvalue weighted by molar-refractivity contribution is 7.88. The summed E-state index contributed by atoms with van der Waals surface area (Å²) in [6.07, 6.45) is 3.39. The number of carbonyl (C=O) groups excluding carboxylic acids is 1. The van der Waals surface area contributed by atoms with Crippen LogP contribution in [0.25, 0.3) is 0 Å². The molecule has 1 saturated heterocycles. The van der Waals surface area contributed by atoms with Crippen LogP contribution in [0, 0.1) is 5.92 Å². The van der Waals surface area contributed by atoms with Crippen molar-refractivity contribution in [1.29, 1.82) is 0 Å². The zero-order valence-electron chi connectivity index (χ0n) is 11.7. The SMILES string of the molecule is CCc1cc(NC(=O)C2CCCN(S(C)(=O)=O)C2)n[nH]1. The van der Waals surface area contributed by atoms with Crippen LogP contribution in [0.4, 0.5) is 5.82 Å². The highest BCUT2D eigenvalue weighted by Crippen LogP contribution is 2.20. The summed E-state index contributed by atoms with van der Waals surface area (Å²) >= 11 is 0. The summed E-state index contributed by atoms with van der Waals surface area (Å²) in [4.78, 5) is 12.2. The lowest BCUT2D eigenvalue weighted by Gasteiger charge is -2.29. The van der Waals surface area contributed by atoms with Gasteiger partial charge >= 0.3 is 0 Å². The molecule has 112 valence electrons. The van der Waals surface area contributed by atoms with Gasteiger partial charge in [-0.2, -0.15) is 5.10 Å². The first-order chi connectivity index (χ1) is 9.40. The zero-order valence-corrected chi connectivity index (χ0v) is 12.5. The van der Waals surface area contributed by atoms with Gasteiger partial charge in [-0.3, -0.25) is 9.89 Å². The van der Waals surface area contributed by atoms with Crippen LogP contribution < -0.4 is 5.32 Å². The average molecular weight is 300 g/mol. The van der Waals surface area contributed by atoms with E-state index in [9.17, 15) is 13.2 Å². The molecule has 1 fully saturated rings. The van der Waals surface area contributed by atoms with E-state index in [1.54, 1.807) is 6.07 Å². The van der Waals surface area contributed by atoms with Crippen LogP contribution >= 0.6 is 0 Å². The Labute approximate surface area is 118 Å². The van der Waals surface area contributed by atoms with Gasteiger partial charge in [-0.05, 0) is 19.3 Å². The van der Waals surface area contributed by atoms with Crippen molar-refractivity contribution in [2.24, 2.45) is 5.92 Å². The molecule has 1 amide bonds. The molecule has 0 radical (unpaired) electrons. The Morgan fingerprint density at radius 3 is 2.95 bits per heavy atom. The standard InChI is InChI=1S/C12H20N4O3S/c1-3-10-7-11(15-14-10)13-12(17)9-5-4-6-16(8-9)20(2,18)19/h7,9H,3-6,8H2,1-2H3,(H2,13,14,15,17). The van der Waals surface area contributed by atoms with E-state index in [2.05, 4.69) is 15.5 Å². The van der Waals surface area contributed by atoms with Gasteiger partial charge in [0.2, 0.25) is 15.9 Å². The van der Waals surface area contributed by atoms with E-state index in [1.807, 2.05) is 6.92 Å². The summed E-state index contributed by atoms with van der Waals surface area (Å²) in [7, 11) is -3.23. The highest BCUT2D eigenvalue weighted by atomic mass is 32.2. The van der Waals surface area contributed by atoms with Crippen molar-refractivity contribution in [3.8, 4) is 0 Å². The van der Waals surface area contributed by atoms with E-state index in [0.29, 0.717) is 25.2 Å². The zero-order chi connectivity index (χ0) is 14.8. The van der Waals surface area contributed by atoms with E-state index in [1.165, 1.54) is 10.6 Å². The van der Waals surface area contributed by atoms with E-state index in [4.69, 9.17) is 0 Å². The minimum absolute atomic E-state index is 0.174. The van der Waals surface area contributed by atoms with Gasteiger partial charge in [0.15, 0.2) is 5.82 Å². The highest BCUT2D eigenvalue weighted by Gasteiger charge is 2.30. The number of anilines is 1. The van der Waals surface area contributed by atoms with E-state index < -0.39 is 10.0 Å². The van der Waals surface area contributed by atoms with Gasteiger partial charge in [0.05, 0.1) is 12.2 Å². The molecule has 2 rings (SSSR count). The predicted octanol–water partition coefficient (Wildman–Crippen LogP) is 0.582. The molecule has 1 atom stereocenters. The van der Waals surface area contributed by atoms with Crippen LogP contribution in [0.2, 0.25) is 0 Å². The second kappa shape index (κ2) is 5.92. The Morgan fingerprint density at radius 1 is 1.60 bits per heavy atom. The van der Waals surface area contributed by atoms with Gasteiger partial charge in [0, 0.05) is 24.8 Å². The molecule has 0 spiro atoms. The number of sulfonamides is 1. The maximum atomic E-state index is 12.2. The monoisotopic (exact) mass is 300 g/mol. The average Bonchev–Trinajstić information content (AvgIpc) is 2.85. The molecule has 8 heteroatoms. The van der Waals surface area contributed by atoms with Crippen LogP contribution in [0.15, 0.2) is 6.07 Å². The Morgan fingerprint density at radius 2 is 2.35 bits per heavy atom. The molecule has 0 aromatic carbocycles. The third-order valence-electron chi connectivity index (χ3n) is 3.49. The van der Waals surface area contributed by atoms with E-state index >= 15 is 0 Å². The fourth-order valence-corrected chi connectivity index (χ4v) is 3.20. The van der Waals surface area contributed by atoms with Crippen molar-refractivity contribution < 1.29 is 13.2 Å². The van der Waals surface area contributed by atoms with Crippen molar-refractivity contribution in [2.45, 2.75) is 26.2 Å². The lowest BCUT2D eigenvalue weighted by Crippen LogP contribution is -2.43. The maximum Gasteiger partial charge on any atom is 0.230 e. The van der Waals surface area contributed by atoms with Gasteiger partial charge in [-0.25, -0.2) is 12.7 Å². The van der Waals surface area contributed by atoms with Crippen molar-refractivity contribution >= 4 is 21.7 Å². The van der Waals surface area contributed by atoms with Gasteiger partial charge in [-0.1, -0.05) is 6.92 Å². The van der Waals surface area contributed by atoms with Crippen LogP contribution in [-0.2, 0) is 21.2 Å². The molecule has 2 heterocycles. The number of nitrogens with zero attached hydrogens (tertiary/aromatic N) is 2. The number of hydrogen-bond donors (Lipinski definition) is 2. The van der Waals surface area contributed by atoms with E-state index in [-0.39, 0.29) is 18.4 Å². The predicted molar refractivity (Wildman–Crippen MR) is 75.7 cm³/mol. The van der Waals surface area contributed by atoms with Gasteiger partial charge < -0.3 is 5.32 Å². The number of carbonyl (C=O) groups is 1. The number of aryl methyl sites for hydroxylation is 1. The second-order valence-electron chi connectivity index (χ2n) is 5.08.